The molecule has 41 heavy (non-hydrogen) atoms. The second kappa shape index (κ2) is 14.7. The van der Waals surface area contributed by atoms with E-state index in [2.05, 4.69) is 22.4 Å². The number of ether oxygens (including phenoxy) is 2. The first-order chi connectivity index (χ1) is 19.6. The van der Waals surface area contributed by atoms with Crippen LogP contribution in [0.4, 0.5) is 0 Å². The molecule has 0 saturated carbocycles. The van der Waals surface area contributed by atoms with Crippen molar-refractivity contribution in [3.05, 3.63) is 59.3 Å². The van der Waals surface area contributed by atoms with Crippen molar-refractivity contribution in [3.8, 4) is 28.4 Å². The van der Waals surface area contributed by atoms with Gasteiger partial charge < -0.3 is 29.7 Å². The van der Waals surface area contributed by atoms with E-state index in [1.807, 2.05) is 40.1 Å². The zero-order chi connectivity index (χ0) is 30.1. The maximum Gasteiger partial charge on any atom is 0.358 e. The standard InChI is InChI=1S/C31H43N5O5/c1-21(2)23-19-22(30(38)35(5)18-10-17-34(4)16-9-15-32-3)13-14-25(23)36-26(20-24(33-36)31(39)41-7)29-27(37)11-8-12-28(29)40-6/h8,11-14,19-21,32,37H,9-10,15-18H2,1-7H3. The Labute approximate surface area is 242 Å². The molecule has 10 nitrogen and oxygen atoms in total. The molecule has 3 rings (SSSR count). The third kappa shape index (κ3) is 7.65. The van der Waals surface area contributed by atoms with Crippen LogP contribution in [0, 0.1) is 0 Å². The van der Waals surface area contributed by atoms with Gasteiger partial charge in [0.1, 0.15) is 11.5 Å². The van der Waals surface area contributed by atoms with Gasteiger partial charge in [-0.25, -0.2) is 9.48 Å². The molecule has 0 radical (unpaired) electrons. The van der Waals surface area contributed by atoms with E-state index in [-0.39, 0.29) is 23.3 Å². The van der Waals surface area contributed by atoms with E-state index < -0.39 is 5.97 Å². The van der Waals surface area contributed by atoms with Gasteiger partial charge in [0.25, 0.3) is 5.91 Å². The van der Waals surface area contributed by atoms with Crippen molar-refractivity contribution in [2.24, 2.45) is 0 Å². The highest BCUT2D eigenvalue weighted by Gasteiger charge is 2.24. The van der Waals surface area contributed by atoms with Gasteiger partial charge in [-0.05, 0) is 94.5 Å². The Morgan fingerprint density at radius 1 is 1.05 bits per heavy atom. The van der Waals surface area contributed by atoms with E-state index >= 15 is 0 Å². The number of nitrogens with zero attached hydrogens (tertiary/aromatic N) is 4. The fourth-order valence-electron chi connectivity index (χ4n) is 4.77. The van der Waals surface area contributed by atoms with Gasteiger partial charge in [-0.2, -0.15) is 5.10 Å². The predicted octanol–water partition coefficient (Wildman–Crippen LogP) is 4.17. The quantitative estimate of drug-likeness (QED) is 0.222. The number of phenols is 1. The molecular weight excluding hydrogens is 522 g/mol. The lowest BCUT2D eigenvalue weighted by Gasteiger charge is -2.22. The molecule has 0 aliphatic rings. The van der Waals surface area contributed by atoms with Crippen LogP contribution in [0.5, 0.6) is 11.5 Å². The molecule has 222 valence electrons. The van der Waals surface area contributed by atoms with Gasteiger partial charge in [0.2, 0.25) is 0 Å². The van der Waals surface area contributed by atoms with Crippen molar-refractivity contribution < 1.29 is 24.2 Å². The summed E-state index contributed by atoms with van der Waals surface area (Å²) >= 11 is 0. The number of phenolic OH excluding ortho intramolecular Hbond substituents is 1. The Kier molecular flexibility index (Phi) is 11.3. The lowest BCUT2D eigenvalue weighted by molar-refractivity contribution is 0.0593. The Bertz CT molecular complexity index is 1340. The highest BCUT2D eigenvalue weighted by Crippen LogP contribution is 2.40. The van der Waals surface area contributed by atoms with E-state index in [1.165, 1.54) is 14.2 Å². The maximum absolute atomic E-state index is 13.4. The minimum atomic E-state index is -0.605. The smallest absolute Gasteiger partial charge is 0.358 e. The Morgan fingerprint density at radius 3 is 2.44 bits per heavy atom. The first-order valence-corrected chi connectivity index (χ1v) is 13.9. The molecule has 0 fully saturated rings. The lowest BCUT2D eigenvalue weighted by Crippen LogP contribution is -2.31. The van der Waals surface area contributed by atoms with Crippen LogP contribution in [-0.4, -0.2) is 98.1 Å². The maximum atomic E-state index is 13.4. The van der Waals surface area contributed by atoms with Crippen LogP contribution in [-0.2, 0) is 4.74 Å². The predicted molar refractivity (Wildman–Crippen MR) is 160 cm³/mol. The van der Waals surface area contributed by atoms with E-state index in [0.717, 1.165) is 38.0 Å². The van der Waals surface area contributed by atoms with Crippen molar-refractivity contribution in [2.75, 3.05) is 61.5 Å². The average Bonchev–Trinajstić information content (AvgIpc) is 3.40. The molecule has 0 unspecified atom stereocenters. The van der Waals surface area contributed by atoms with Crippen LogP contribution in [0.2, 0.25) is 0 Å². The van der Waals surface area contributed by atoms with Gasteiger partial charge in [0.15, 0.2) is 5.69 Å². The number of methoxy groups -OCH3 is 2. The van der Waals surface area contributed by atoms with E-state index in [1.54, 1.807) is 39.9 Å². The highest BCUT2D eigenvalue weighted by atomic mass is 16.5. The van der Waals surface area contributed by atoms with Crippen LogP contribution in [0.15, 0.2) is 42.5 Å². The minimum Gasteiger partial charge on any atom is -0.507 e. The molecule has 0 saturated heterocycles. The molecule has 0 atom stereocenters. The summed E-state index contributed by atoms with van der Waals surface area (Å²) in [6.45, 7) is 7.63. The zero-order valence-corrected chi connectivity index (χ0v) is 25.2. The summed E-state index contributed by atoms with van der Waals surface area (Å²) in [5.41, 5.74) is 3.05. The fraction of sp³-hybridized carbons (Fsp3) is 0.452. The molecule has 1 aromatic heterocycles. The molecular formula is C31H43N5O5. The highest BCUT2D eigenvalue weighted by molar-refractivity contribution is 5.95. The molecule has 1 amide bonds. The summed E-state index contributed by atoms with van der Waals surface area (Å²) in [4.78, 5) is 29.9. The summed E-state index contributed by atoms with van der Waals surface area (Å²) in [6.07, 6.45) is 1.96. The van der Waals surface area contributed by atoms with Crippen LogP contribution in [0.1, 0.15) is 59.0 Å². The molecule has 1 heterocycles. The second-order valence-electron chi connectivity index (χ2n) is 10.4. The first-order valence-electron chi connectivity index (χ1n) is 13.9. The third-order valence-corrected chi connectivity index (χ3v) is 7.06. The number of benzene rings is 2. The number of hydrogen-bond acceptors (Lipinski definition) is 8. The number of aromatic nitrogens is 2. The summed E-state index contributed by atoms with van der Waals surface area (Å²) in [7, 11) is 8.69. The Hall–Kier alpha value is -3.89. The average molecular weight is 566 g/mol. The van der Waals surface area contributed by atoms with Gasteiger partial charge in [-0.1, -0.05) is 19.9 Å². The number of esters is 1. The number of carbonyl (C=O) groups excluding carboxylic acids is 2. The van der Waals surface area contributed by atoms with Crippen LogP contribution >= 0.6 is 0 Å². The number of carbonyl (C=O) groups is 2. The lowest BCUT2D eigenvalue weighted by atomic mass is 9.97. The Morgan fingerprint density at radius 2 is 1.78 bits per heavy atom. The van der Waals surface area contributed by atoms with Gasteiger partial charge in [0.05, 0.1) is 31.2 Å². The molecule has 0 aliphatic carbocycles. The van der Waals surface area contributed by atoms with Crippen LogP contribution < -0.4 is 10.1 Å². The van der Waals surface area contributed by atoms with Crippen molar-refractivity contribution in [2.45, 2.75) is 32.6 Å². The monoisotopic (exact) mass is 565 g/mol. The van der Waals surface area contributed by atoms with Crippen molar-refractivity contribution in [3.63, 3.8) is 0 Å². The normalized spacial score (nSPS) is 11.2. The van der Waals surface area contributed by atoms with Crippen LogP contribution in [0.25, 0.3) is 16.9 Å². The van der Waals surface area contributed by atoms with Gasteiger partial charge in [-0.15, -0.1) is 0 Å². The number of nitrogens with one attached hydrogen (secondary N) is 1. The van der Waals surface area contributed by atoms with Crippen molar-refractivity contribution in [1.82, 2.24) is 24.9 Å². The second-order valence-corrected chi connectivity index (χ2v) is 10.4. The molecule has 0 spiro atoms. The van der Waals surface area contributed by atoms with Gasteiger partial charge in [0, 0.05) is 19.2 Å². The zero-order valence-electron chi connectivity index (χ0n) is 25.2. The van der Waals surface area contributed by atoms with Gasteiger partial charge in [-0.3, -0.25) is 4.79 Å². The molecule has 0 bridgehead atoms. The van der Waals surface area contributed by atoms with E-state index in [0.29, 0.717) is 34.8 Å². The SMILES string of the molecule is CNCCCN(C)CCCN(C)C(=O)c1ccc(-n2nc(C(=O)OC)cc2-c2c(O)cccc2OC)c(C(C)C)c1. The molecule has 10 heteroatoms. The Balaban J connectivity index is 1.95. The number of amides is 1. The number of aromatic hydroxyl groups is 1. The third-order valence-electron chi connectivity index (χ3n) is 7.06. The summed E-state index contributed by atoms with van der Waals surface area (Å²) in [6, 6.07) is 12.0. The molecule has 2 aromatic carbocycles. The summed E-state index contributed by atoms with van der Waals surface area (Å²) in [5.74, 6) is -0.232. The van der Waals surface area contributed by atoms with Crippen molar-refractivity contribution >= 4 is 11.9 Å². The summed E-state index contributed by atoms with van der Waals surface area (Å²) in [5, 5.41) is 18.5. The fourth-order valence-corrected chi connectivity index (χ4v) is 4.77. The number of rotatable bonds is 14. The van der Waals surface area contributed by atoms with Gasteiger partial charge >= 0.3 is 5.97 Å². The van der Waals surface area contributed by atoms with E-state index in [9.17, 15) is 14.7 Å². The summed E-state index contributed by atoms with van der Waals surface area (Å²) < 4.78 is 12.0. The molecule has 2 N–H and O–H groups in total. The largest absolute Gasteiger partial charge is 0.507 e. The minimum absolute atomic E-state index is 0.0193. The van der Waals surface area contributed by atoms with E-state index in [4.69, 9.17) is 9.47 Å². The molecule has 3 aromatic rings. The topological polar surface area (TPSA) is 109 Å². The van der Waals surface area contributed by atoms with Crippen LogP contribution in [0.3, 0.4) is 0 Å². The number of hydrogen-bond donors (Lipinski definition) is 2. The van der Waals surface area contributed by atoms with Crippen molar-refractivity contribution in [1.29, 1.82) is 0 Å². The first kappa shape index (κ1) is 31.6. The molecule has 0 aliphatic heterocycles.